The van der Waals surface area contributed by atoms with Crippen molar-refractivity contribution in [3.8, 4) is 0 Å². The lowest BCUT2D eigenvalue weighted by atomic mass is 9.84. The first-order valence-corrected chi connectivity index (χ1v) is 10.5. The maximum Gasteiger partial charge on any atom is 0.250 e. The van der Waals surface area contributed by atoms with Crippen molar-refractivity contribution in [2.45, 2.75) is 41.0 Å². The number of benzene rings is 1. The minimum atomic E-state index is -0.188. The van der Waals surface area contributed by atoms with Gasteiger partial charge in [-0.2, -0.15) is 0 Å². The number of carbonyl (C=O) groups is 1. The molecule has 0 bridgehead atoms. The number of allylic oxidation sites excluding steroid dienone is 2. The first kappa shape index (κ1) is 24.1. The van der Waals surface area contributed by atoms with Gasteiger partial charge in [-0.1, -0.05) is 18.1 Å². The van der Waals surface area contributed by atoms with Gasteiger partial charge in [0, 0.05) is 48.9 Å². The summed E-state index contributed by atoms with van der Waals surface area (Å²) in [6, 6.07) is 6.31. The number of aliphatic imine (C=N–C) groups is 1. The highest BCUT2D eigenvalue weighted by atomic mass is 16.1. The second-order valence-corrected chi connectivity index (χ2v) is 8.16. The zero-order valence-electron chi connectivity index (χ0n) is 19.8. The number of nitrogens with zero attached hydrogens (tertiary/aromatic N) is 2. The van der Waals surface area contributed by atoms with Gasteiger partial charge >= 0.3 is 0 Å². The Morgan fingerprint density at radius 1 is 1.26 bits per heavy atom. The Morgan fingerprint density at radius 2 is 1.97 bits per heavy atom. The van der Waals surface area contributed by atoms with Crippen LogP contribution in [0.15, 0.2) is 64.6 Å². The Morgan fingerprint density at radius 3 is 2.61 bits per heavy atom. The van der Waals surface area contributed by atoms with Crippen LogP contribution in [-0.2, 0) is 11.2 Å². The van der Waals surface area contributed by atoms with Crippen LogP contribution in [0, 0.1) is 6.92 Å². The normalized spacial score (nSPS) is 12.3. The fraction of sp³-hybridized carbons (Fsp3) is 0.320. The van der Waals surface area contributed by atoms with E-state index in [2.05, 4.69) is 47.2 Å². The molecule has 1 aromatic heterocycles. The molecule has 6 heteroatoms. The van der Waals surface area contributed by atoms with E-state index in [9.17, 15) is 4.79 Å². The van der Waals surface area contributed by atoms with Crippen LogP contribution < -0.4 is 16.1 Å². The van der Waals surface area contributed by atoms with Crippen molar-refractivity contribution in [1.29, 1.82) is 0 Å². The number of fused-ring (bicyclic) bond motifs is 1. The standard InChI is InChI=1S/C25H33BN4O/c1-15(2)30-19(6)18(5)14-29-25(31)17(4)11-21(27-7)12-20-8-9-23-22(24(20)26)10-16(3)13-28-23/h8-11,13,27H,4,12,14,26H2,1-3,5-7H3,(H,29,31)/b19-18+,21-11-. The van der Waals surface area contributed by atoms with Gasteiger partial charge in [0.15, 0.2) is 0 Å². The highest BCUT2D eigenvalue weighted by Crippen LogP contribution is 2.15. The number of hydrogen-bond acceptors (Lipinski definition) is 4. The van der Waals surface area contributed by atoms with Crippen LogP contribution >= 0.6 is 0 Å². The lowest BCUT2D eigenvalue weighted by Gasteiger charge is -2.13. The third-order valence-electron chi connectivity index (χ3n) is 5.25. The lowest BCUT2D eigenvalue weighted by Crippen LogP contribution is -2.26. The predicted octanol–water partition coefficient (Wildman–Crippen LogP) is 2.89. The van der Waals surface area contributed by atoms with Gasteiger partial charge in [-0.25, -0.2) is 0 Å². The van der Waals surface area contributed by atoms with Gasteiger partial charge in [-0.15, -0.1) is 0 Å². The highest BCUT2D eigenvalue weighted by molar-refractivity contribution is 6.39. The van der Waals surface area contributed by atoms with Crippen molar-refractivity contribution < 1.29 is 4.79 Å². The van der Waals surface area contributed by atoms with Crippen molar-refractivity contribution in [2.24, 2.45) is 4.99 Å². The van der Waals surface area contributed by atoms with E-state index in [1.54, 1.807) is 0 Å². The summed E-state index contributed by atoms with van der Waals surface area (Å²) in [5.74, 6) is -0.188. The minimum Gasteiger partial charge on any atom is -0.391 e. The van der Waals surface area contributed by atoms with Gasteiger partial charge in [0.2, 0.25) is 0 Å². The van der Waals surface area contributed by atoms with Crippen molar-refractivity contribution in [1.82, 2.24) is 15.6 Å². The van der Waals surface area contributed by atoms with E-state index in [4.69, 9.17) is 0 Å². The van der Waals surface area contributed by atoms with Crippen LogP contribution in [0.2, 0.25) is 0 Å². The van der Waals surface area contributed by atoms with E-state index in [0.717, 1.165) is 39.1 Å². The van der Waals surface area contributed by atoms with Gasteiger partial charge < -0.3 is 10.6 Å². The number of carbonyl (C=O) groups excluding carboxylic acids is 1. The summed E-state index contributed by atoms with van der Waals surface area (Å²) in [5.41, 5.74) is 8.81. The number of amides is 1. The molecule has 2 aromatic rings. The van der Waals surface area contributed by atoms with E-state index in [1.165, 1.54) is 11.0 Å². The molecule has 0 unspecified atom stereocenters. The molecule has 0 saturated carbocycles. The maximum absolute atomic E-state index is 12.5. The Balaban J connectivity index is 2.13. The molecule has 0 aliphatic rings. The molecule has 0 fully saturated rings. The monoisotopic (exact) mass is 416 g/mol. The topological polar surface area (TPSA) is 66.4 Å². The van der Waals surface area contributed by atoms with Gasteiger partial charge in [-0.05, 0) is 74.9 Å². The molecule has 0 spiro atoms. The molecular weight excluding hydrogens is 383 g/mol. The summed E-state index contributed by atoms with van der Waals surface area (Å²) >= 11 is 0. The van der Waals surface area contributed by atoms with E-state index in [1.807, 2.05) is 60.0 Å². The quantitative estimate of drug-likeness (QED) is 0.301. The Labute approximate surface area is 186 Å². The van der Waals surface area contributed by atoms with Gasteiger partial charge in [-0.3, -0.25) is 14.8 Å². The third-order valence-corrected chi connectivity index (χ3v) is 5.25. The maximum atomic E-state index is 12.5. The summed E-state index contributed by atoms with van der Waals surface area (Å²) < 4.78 is 0. The first-order chi connectivity index (χ1) is 14.6. The SMILES string of the molecule is Bc1c(C/C(=C/C(=C)C(=O)NC/C(C)=C(\C)N=C(C)C)NC)ccc2ncc(C)cc12. The molecule has 2 N–H and O–H groups in total. The molecule has 2 rings (SSSR count). The molecule has 1 amide bonds. The van der Waals surface area contributed by atoms with Crippen molar-refractivity contribution in [3.63, 3.8) is 0 Å². The van der Waals surface area contributed by atoms with E-state index in [0.29, 0.717) is 18.5 Å². The predicted molar refractivity (Wildman–Crippen MR) is 135 cm³/mol. The molecule has 0 radical (unpaired) electrons. The first-order valence-electron chi connectivity index (χ1n) is 10.5. The molecule has 0 atom stereocenters. The van der Waals surface area contributed by atoms with Crippen molar-refractivity contribution in [3.05, 3.63) is 70.7 Å². The second kappa shape index (κ2) is 10.8. The molecule has 1 heterocycles. The smallest absolute Gasteiger partial charge is 0.250 e. The molecule has 0 aliphatic heterocycles. The zero-order valence-corrected chi connectivity index (χ0v) is 19.8. The Hall–Kier alpha value is -3.15. The summed E-state index contributed by atoms with van der Waals surface area (Å²) in [4.78, 5) is 21.5. The molecular formula is C25H33BN4O. The van der Waals surface area contributed by atoms with E-state index in [-0.39, 0.29) is 5.91 Å². The van der Waals surface area contributed by atoms with Gasteiger partial charge in [0.05, 0.1) is 5.52 Å². The molecule has 0 aliphatic carbocycles. The molecule has 0 saturated heterocycles. The number of aromatic nitrogens is 1. The van der Waals surface area contributed by atoms with Crippen molar-refractivity contribution >= 4 is 35.8 Å². The van der Waals surface area contributed by atoms with Crippen LogP contribution in [0.25, 0.3) is 10.9 Å². The van der Waals surface area contributed by atoms with Crippen LogP contribution in [0.3, 0.4) is 0 Å². The fourth-order valence-electron chi connectivity index (χ4n) is 3.26. The Bertz CT molecular complexity index is 1090. The average molecular weight is 416 g/mol. The van der Waals surface area contributed by atoms with Crippen LogP contribution in [-0.4, -0.2) is 38.0 Å². The van der Waals surface area contributed by atoms with Gasteiger partial charge in [0.25, 0.3) is 5.91 Å². The zero-order chi connectivity index (χ0) is 23.1. The highest BCUT2D eigenvalue weighted by Gasteiger charge is 2.10. The summed E-state index contributed by atoms with van der Waals surface area (Å²) in [6.07, 6.45) is 4.38. The number of aryl methyl sites for hydroxylation is 1. The molecule has 162 valence electrons. The third kappa shape index (κ3) is 6.67. The van der Waals surface area contributed by atoms with E-state index < -0.39 is 0 Å². The number of pyridine rings is 1. The summed E-state index contributed by atoms with van der Waals surface area (Å²) in [7, 11) is 3.98. The Kier molecular flexibility index (Phi) is 8.37. The number of hydrogen-bond donors (Lipinski definition) is 2. The molecule has 1 aromatic carbocycles. The lowest BCUT2D eigenvalue weighted by molar-refractivity contribution is -0.117. The van der Waals surface area contributed by atoms with Gasteiger partial charge in [0.1, 0.15) is 7.85 Å². The molecule has 31 heavy (non-hydrogen) atoms. The van der Waals surface area contributed by atoms with E-state index >= 15 is 0 Å². The summed E-state index contributed by atoms with van der Waals surface area (Å²) in [6.45, 7) is 14.3. The minimum absolute atomic E-state index is 0.188. The molecule has 5 nitrogen and oxygen atoms in total. The van der Waals surface area contributed by atoms with Crippen LogP contribution in [0.5, 0.6) is 0 Å². The average Bonchev–Trinajstić information content (AvgIpc) is 2.72. The second-order valence-electron chi connectivity index (χ2n) is 8.16. The number of nitrogens with one attached hydrogen (secondary N) is 2. The van der Waals surface area contributed by atoms with Crippen molar-refractivity contribution in [2.75, 3.05) is 13.6 Å². The van der Waals surface area contributed by atoms with Crippen LogP contribution in [0.4, 0.5) is 0 Å². The summed E-state index contributed by atoms with van der Waals surface area (Å²) in [5, 5.41) is 7.29. The van der Waals surface area contributed by atoms with Crippen LogP contribution in [0.1, 0.15) is 38.8 Å². The largest absolute Gasteiger partial charge is 0.391 e. The number of likely N-dealkylation sites (N-methyl/N-ethyl adjacent to an activating group) is 1. The number of rotatable bonds is 8. The fourth-order valence-corrected chi connectivity index (χ4v) is 3.26.